The minimum Gasteiger partial charge on any atom is -0.388 e. The Balaban J connectivity index is 2.31. The van der Waals surface area contributed by atoms with Crippen molar-refractivity contribution < 1.29 is 13.5 Å². The highest BCUT2D eigenvalue weighted by Crippen LogP contribution is 2.42. The SMILES string of the molecule is Cc1ccc(C(O)C2(CN)CCS(=O)(=O)C2)cn1. The predicted octanol–water partition coefficient (Wildman–Crippen LogP) is 0.187. The summed E-state index contributed by atoms with van der Waals surface area (Å²) in [6.07, 6.45) is 1.11. The molecule has 1 saturated heterocycles. The Morgan fingerprint density at radius 2 is 2.28 bits per heavy atom. The van der Waals surface area contributed by atoms with Crippen molar-refractivity contribution in [3.05, 3.63) is 29.6 Å². The molecule has 3 N–H and O–H groups in total. The summed E-state index contributed by atoms with van der Waals surface area (Å²) >= 11 is 0. The van der Waals surface area contributed by atoms with E-state index in [2.05, 4.69) is 4.98 Å². The monoisotopic (exact) mass is 270 g/mol. The van der Waals surface area contributed by atoms with Crippen LogP contribution < -0.4 is 5.73 Å². The molecule has 6 heteroatoms. The number of nitrogens with two attached hydrogens (primary N) is 1. The molecule has 1 aliphatic rings. The van der Waals surface area contributed by atoms with Gasteiger partial charge in [0.2, 0.25) is 0 Å². The van der Waals surface area contributed by atoms with E-state index in [1.807, 2.05) is 6.92 Å². The van der Waals surface area contributed by atoms with Crippen molar-refractivity contribution >= 4 is 9.84 Å². The molecule has 2 unspecified atom stereocenters. The van der Waals surface area contributed by atoms with Crippen LogP contribution in [0.5, 0.6) is 0 Å². The van der Waals surface area contributed by atoms with Crippen LogP contribution in [0.3, 0.4) is 0 Å². The molecule has 1 aromatic heterocycles. The molecule has 100 valence electrons. The first kappa shape index (κ1) is 13.5. The van der Waals surface area contributed by atoms with Crippen molar-refractivity contribution in [2.75, 3.05) is 18.1 Å². The Kier molecular flexibility index (Phi) is 3.44. The van der Waals surface area contributed by atoms with Gasteiger partial charge in [0.1, 0.15) is 0 Å². The number of aliphatic hydroxyl groups excluding tert-OH is 1. The maximum Gasteiger partial charge on any atom is 0.151 e. The number of sulfone groups is 1. The van der Waals surface area contributed by atoms with E-state index < -0.39 is 21.4 Å². The second-order valence-corrected chi connectivity index (χ2v) is 7.23. The molecule has 18 heavy (non-hydrogen) atoms. The van der Waals surface area contributed by atoms with Crippen molar-refractivity contribution in [3.63, 3.8) is 0 Å². The molecule has 0 amide bonds. The highest BCUT2D eigenvalue weighted by molar-refractivity contribution is 7.91. The van der Waals surface area contributed by atoms with Crippen molar-refractivity contribution in [1.29, 1.82) is 0 Å². The topological polar surface area (TPSA) is 93.3 Å². The number of pyridine rings is 1. The van der Waals surface area contributed by atoms with Gasteiger partial charge in [0.15, 0.2) is 9.84 Å². The van der Waals surface area contributed by atoms with E-state index in [9.17, 15) is 13.5 Å². The molecule has 2 heterocycles. The van der Waals surface area contributed by atoms with E-state index in [1.165, 1.54) is 0 Å². The van der Waals surface area contributed by atoms with Gasteiger partial charge in [-0.1, -0.05) is 6.07 Å². The molecule has 2 atom stereocenters. The van der Waals surface area contributed by atoms with Crippen molar-refractivity contribution in [1.82, 2.24) is 4.98 Å². The van der Waals surface area contributed by atoms with Crippen LogP contribution in [-0.2, 0) is 9.84 Å². The second-order valence-electron chi connectivity index (χ2n) is 5.04. The van der Waals surface area contributed by atoms with Gasteiger partial charge in [-0.2, -0.15) is 0 Å². The molecule has 0 radical (unpaired) electrons. The molecule has 1 aromatic rings. The maximum absolute atomic E-state index is 11.6. The first-order valence-electron chi connectivity index (χ1n) is 5.90. The molecule has 0 saturated carbocycles. The molecule has 2 rings (SSSR count). The van der Waals surface area contributed by atoms with Crippen LogP contribution in [-0.4, -0.2) is 36.6 Å². The van der Waals surface area contributed by atoms with Crippen LogP contribution >= 0.6 is 0 Å². The Morgan fingerprint density at radius 1 is 1.56 bits per heavy atom. The summed E-state index contributed by atoms with van der Waals surface area (Å²) < 4.78 is 23.2. The Labute approximate surface area is 107 Å². The minimum absolute atomic E-state index is 0.0501. The van der Waals surface area contributed by atoms with E-state index in [0.29, 0.717) is 12.0 Å². The molecular formula is C12H18N2O3S. The van der Waals surface area contributed by atoms with E-state index in [4.69, 9.17) is 5.73 Å². The van der Waals surface area contributed by atoms with Gasteiger partial charge in [-0.25, -0.2) is 8.42 Å². The number of aliphatic hydroxyl groups is 1. The normalized spacial score (nSPS) is 28.2. The van der Waals surface area contributed by atoms with Crippen LogP contribution in [0, 0.1) is 12.3 Å². The highest BCUT2D eigenvalue weighted by Gasteiger charge is 2.47. The fraction of sp³-hybridized carbons (Fsp3) is 0.583. The third-order valence-electron chi connectivity index (χ3n) is 3.65. The molecule has 0 aromatic carbocycles. The number of aromatic nitrogens is 1. The van der Waals surface area contributed by atoms with E-state index >= 15 is 0 Å². The van der Waals surface area contributed by atoms with E-state index in [-0.39, 0.29) is 18.1 Å². The summed E-state index contributed by atoms with van der Waals surface area (Å²) in [6.45, 7) is 2.01. The summed E-state index contributed by atoms with van der Waals surface area (Å²) in [5.74, 6) is 0.0477. The first-order valence-corrected chi connectivity index (χ1v) is 7.72. The molecular weight excluding hydrogens is 252 g/mol. The Morgan fingerprint density at radius 3 is 2.72 bits per heavy atom. The maximum atomic E-state index is 11.6. The zero-order chi connectivity index (χ0) is 13.4. The van der Waals surface area contributed by atoms with Crippen LogP contribution in [0.4, 0.5) is 0 Å². The van der Waals surface area contributed by atoms with Gasteiger partial charge in [0.25, 0.3) is 0 Å². The van der Waals surface area contributed by atoms with Gasteiger partial charge >= 0.3 is 0 Å². The van der Waals surface area contributed by atoms with Crippen molar-refractivity contribution in [3.8, 4) is 0 Å². The summed E-state index contributed by atoms with van der Waals surface area (Å²) in [7, 11) is -3.09. The van der Waals surface area contributed by atoms with Gasteiger partial charge in [-0.3, -0.25) is 4.98 Å². The van der Waals surface area contributed by atoms with Crippen molar-refractivity contribution in [2.45, 2.75) is 19.4 Å². The zero-order valence-electron chi connectivity index (χ0n) is 10.3. The smallest absolute Gasteiger partial charge is 0.151 e. The van der Waals surface area contributed by atoms with E-state index in [0.717, 1.165) is 5.69 Å². The minimum atomic E-state index is -3.09. The summed E-state index contributed by atoms with van der Waals surface area (Å²) in [5.41, 5.74) is 6.43. The molecule has 5 nitrogen and oxygen atoms in total. The largest absolute Gasteiger partial charge is 0.388 e. The predicted molar refractivity (Wildman–Crippen MR) is 68.7 cm³/mol. The number of nitrogens with zero attached hydrogens (tertiary/aromatic N) is 1. The Hall–Kier alpha value is -0.980. The lowest BCUT2D eigenvalue weighted by atomic mass is 9.79. The summed E-state index contributed by atoms with van der Waals surface area (Å²) in [6, 6.07) is 3.57. The van der Waals surface area contributed by atoms with Crippen LogP contribution in [0.1, 0.15) is 23.8 Å². The lowest BCUT2D eigenvalue weighted by Gasteiger charge is -2.31. The van der Waals surface area contributed by atoms with Gasteiger partial charge in [0, 0.05) is 23.9 Å². The fourth-order valence-corrected chi connectivity index (χ4v) is 4.58. The van der Waals surface area contributed by atoms with Crippen LogP contribution in [0.25, 0.3) is 0 Å². The third-order valence-corrected chi connectivity index (χ3v) is 5.50. The third kappa shape index (κ3) is 2.41. The lowest BCUT2D eigenvalue weighted by molar-refractivity contribution is 0.0469. The zero-order valence-corrected chi connectivity index (χ0v) is 11.2. The van der Waals surface area contributed by atoms with Gasteiger partial charge < -0.3 is 10.8 Å². The molecule has 0 spiro atoms. The first-order chi connectivity index (χ1) is 8.38. The fourth-order valence-electron chi connectivity index (χ4n) is 2.42. The highest BCUT2D eigenvalue weighted by atomic mass is 32.2. The van der Waals surface area contributed by atoms with Gasteiger partial charge in [-0.05, 0) is 25.0 Å². The summed E-state index contributed by atoms with van der Waals surface area (Å²) in [5, 5.41) is 10.4. The quantitative estimate of drug-likeness (QED) is 0.817. The van der Waals surface area contributed by atoms with E-state index in [1.54, 1.807) is 18.3 Å². The van der Waals surface area contributed by atoms with Crippen LogP contribution in [0.2, 0.25) is 0 Å². The molecule has 1 aliphatic heterocycles. The molecule has 0 aliphatic carbocycles. The van der Waals surface area contributed by atoms with Crippen LogP contribution in [0.15, 0.2) is 18.3 Å². The number of aryl methyl sites for hydroxylation is 1. The summed E-state index contributed by atoms with van der Waals surface area (Å²) in [4.78, 5) is 4.12. The molecule has 1 fully saturated rings. The second kappa shape index (κ2) is 4.60. The number of rotatable bonds is 3. The standard InChI is InChI=1S/C12H18N2O3S/c1-9-2-3-10(6-14-9)11(15)12(7-13)4-5-18(16,17)8-12/h2-3,6,11,15H,4-5,7-8,13H2,1H3. The number of hydrogen-bond acceptors (Lipinski definition) is 5. The van der Waals surface area contributed by atoms with Crippen molar-refractivity contribution in [2.24, 2.45) is 11.1 Å². The lowest BCUT2D eigenvalue weighted by Crippen LogP contribution is -2.38. The number of hydrogen-bond donors (Lipinski definition) is 2. The average Bonchev–Trinajstić information content (AvgIpc) is 2.66. The molecule has 0 bridgehead atoms. The van der Waals surface area contributed by atoms with Gasteiger partial charge in [-0.15, -0.1) is 0 Å². The van der Waals surface area contributed by atoms with Gasteiger partial charge in [0.05, 0.1) is 17.6 Å². The average molecular weight is 270 g/mol. The Bertz CT molecular complexity index is 527.